The number of hydrogen-bond donors (Lipinski definition) is 0. The van der Waals surface area contributed by atoms with Gasteiger partial charge in [0.2, 0.25) is 5.91 Å². The lowest BCUT2D eigenvalue weighted by Crippen LogP contribution is -2.30. The quantitative estimate of drug-likeness (QED) is 0.460. The predicted molar refractivity (Wildman–Crippen MR) is 82.8 cm³/mol. The molecule has 0 radical (unpaired) electrons. The van der Waals surface area contributed by atoms with Gasteiger partial charge in [-0.2, -0.15) is 11.8 Å². The van der Waals surface area contributed by atoms with Gasteiger partial charge in [-0.05, 0) is 50.0 Å². The van der Waals surface area contributed by atoms with Crippen molar-refractivity contribution in [2.75, 3.05) is 31.7 Å². The van der Waals surface area contributed by atoms with Crippen LogP contribution in [0.1, 0.15) is 46.0 Å². The molecule has 0 N–H and O–H groups in total. The summed E-state index contributed by atoms with van der Waals surface area (Å²) in [6.07, 6.45) is 4.38. The Labute approximate surface area is 126 Å². The Morgan fingerprint density at radius 1 is 1.25 bits per heavy atom. The number of nitrogens with zero attached hydrogens (tertiary/aromatic N) is 1. The van der Waals surface area contributed by atoms with Crippen LogP contribution in [0.15, 0.2) is 0 Å². The van der Waals surface area contributed by atoms with E-state index in [9.17, 15) is 9.59 Å². The highest BCUT2D eigenvalue weighted by Crippen LogP contribution is 2.51. The molecule has 1 saturated carbocycles. The Hall–Kier alpha value is -0.710. The number of hydrogen-bond acceptors (Lipinski definition) is 4. The largest absolute Gasteiger partial charge is 0.469 e. The molecule has 4 nitrogen and oxygen atoms in total. The fraction of sp³-hybridized carbons (Fsp3) is 0.867. The maximum atomic E-state index is 11.8. The van der Waals surface area contributed by atoms with Crippen molar-refractivity contribution in [2.24, 2.45) is 5.41 Å². The first-order valence-corrected chi connectivity index (χ1v) is 8.64. The standard InChI is InChI=1S/C15H27NO3S/c1-4-16(5-2)13(17)7-6-10-20-12-15(8-9-15)11-14(18)19-3/h4-12H2,1-3H3. The van der Waals surface area contributed by atoms with E-state index in [0.29, 0.717) is 12.8 Å². The molecule has 0 aromatic carbocycles. The average molecular weight is 301 g/mol. The number of rotatable bonds is 10. The molecule has 1 rings (SSSR count). The number of amides is 1. The van der Waals surface area contributed by atoms with Crippen LogP contribution in [0, 0.1) is 5.41 Å². The first-order chi connectivity index (χ1) is 9.56. The van der Waals surface area contributed by atoms with Gasteiger partial charge in [0.1, 0.15) is 0 Å². The van der Waals surface area contributed by atoms with Gasteiger partial charge in [0.15, 0.2) is 0 Å². The molecule has 0 aliphatic heterocycles. The van der Waals surface area contributed by atoms with Crippen LogP contribution in [0.4, 0.5) is 0 Å². The fourth-order valence-electron chi connectivity index (χ4n) is 2.28. The smallest absolute Gasteiger partial charge is 0.306 e. The number of methoxy groups -OCH3 is 1. The molecule has 20 heavy (non-hydrogen) atoms. The SMILES string of the molecule is CCN(CC)C(=O)CCCSCC1(CC(=O)OC)CC1. The molecule has 116 valence electrons. The van der Waals surface area contributed by atoms with E-state index in [4.69, 9.17) is 4.74 Å². The third-order valence-corrected chi connectivity index (χ3v) is 5.30. The highest BCUT2D eigenvalue weighted by atomic mass is 32.2. The number of carbonyl (C=O) groups excluding carboxylic acids is 2. The van der Waals surface area contributed by atoms with Crippen molar-refractivity contribution in [1.82, 2.24) is 4.90 Å². The summed E-state index contributed by atoms with van der Waals surface area (Å²) >= 11 is 1.87. The lowest BCUT2D eigenvalue weighted by molar-refractivity contribution is -0.141. The summed E-state index contributed by atoms with van der Waals surface area (Å²) < 4.78 is 4.74. The molecule has 5 heteroatoms. The third kappa shape index (κ3) is 5.73. The van der Waals surface area contributed by atoms with Gasteiger partial charge >= 0.3 is 5.97 Å². The van der Waals surface area contributed by atoms with E-state index < -0.39 is 0 Å². The van der Waals surface area contributed by atoms with Crippen LogP contribution in [0.2, 0.25) is 0 Å². The maximum absolute atomic E-state index is 11.8. The highest BCUT2D eigenvalue weighted by molar-refractivity contribution is 7.99. The van der Waals surface area contributed by atoms with Gasteiger partial charge in [-0.25, -0.2) is 0 Å². The van der Waals surface area contributed by atoms with E-state index in [1.807, 2.05) is 30.5 Å². The van der Waals surface area contributed by atoms with Crippen molar-refractivity contribution < 1.29 is 14.3 Å². The summed E-state index contributed by atoms with van der Waals surface area (Å²) in [5, 5.41) is 0. The fourth-order valence-corrected chi connectivity index (χ4v) is 3.59. The molecule has 0 aromatic rings. The monoisotopic (exact) mass is 301 g/mol. The molecular formula is C15H27NO3S. The minimum atomic E-state index is -0.0974. The molecule has 1 aliphatic rings. The van der Waals surface area contributed by atoms with Crippen LogP contribution in [-0.2, 0) is 14.3 Å². The van der Waals surface area contributed by atoms with E-state index in [2.05, 4.69) is 0 Å². The van der Waals surface area contributed by atoms with Gasteiger partial charge < -0.3 is 9.64 Å². The molecule has 0 bridgehead atoms. The van der Waals surface area contributed by atoms with Gasteiger partial charge in [0.05, 0.1) is 13.5 Å². The van der Waals surface area contributed by atoms with Gasteiger partial charge in [-0.15, -0.1) is 0 Å². The zero-order valence-corrected chi connectivity index (χ0v) is 13.8. The first kappa shape index (κ1) is 17.3. The van der Waals surface area contributed by atoms with E-state index in [1.165, 1.54) is 7.11 Å². The average Bonchev–Trinajstić information content (AvgIpc) is 3.19. The van der Waals surface area contributed by atoms with Crippen molar-refractivity contribution in [2.45, 2.75) is 46.0 Å². The second-order valence-corrected chi connectivity index (χ2v) is 6.58. The molecule has 0 heterocycles. The van der Waals surface area contributed by atoms with E-state index >= 15 is 0 Å². The third-order valence-electron chi connectivity index (χ3n) is 3.91. The molecule has 0 saturated heterocycles. The minimum absolute atomic E-state index is 0.0974. The van der Waals surface area contributed by atoms with Crippen LogP contribution in [-0.4, -0.2) is 48.5 Å². The van der Waals surface area contributed by atoms with E-state index in [-0.39, 0.29) is 17.3 Å². The number of esters is 1. The maximum Gasteiger partial charge on any atom is 0.306 e. The minimum Gasteiger partial charge on any atom is -0.469 e. The normalized spacial score (nSPS) is 15.8. The zero-order chi connectivity index (χ0) is 15.0. The zero-order valence-electron chi connectivity index (χ0n) is 12.9. The predicted octanol–water partition coefficient (Wildman–Crippen LogP) is 2.71. The summed E-state index contributed by atoms with van der Waals surface area (Å²) in [4.78, 5) is 25.0. The van der Waals surface area contributed by atoms with Crippen LogP contribution in [0.5, 0.6) is 0 Å². The highest BCUT2D eigenvalue weighted by Gasteiger charge is 2.44. The summed E-state index contributed by atoms with van der Waals surface area (Å²) in [5.41, 5.74) is 0.195. The van der Waals surface area contributed by atoms with E-state index in [0.717, 1.165) is 43.9 Å². The van der Waals surface area contributed by atoms with Crippen molar-refractivity contribution in [1.29, 1.82) is 0 Å². The van der Waals surface area contributed by atoms with Crippen LogP contribution >= 0.6 is 11.8 Å². The molecule has 1 aliphatic carbocycles. The molecule has 0 spiro atoms. The van der Waals surface area contributed by atoms with Gasteiger partial charge in [-0.1, -0.05) is 0 Å². The number of ether oxygens (including phenoxy) is 1. The van der Waals surface area contributed by atoms with Crippen molar-refractivity contribution in [3.8, 4) is 0 Å². The van der Waals surface area contributed by atoms with E-state index in [1.54, 1.807) is 0 Å². The lowest BCUT2D eigenvalue weighted by Gasteiger charge is -2.18. The molecule has 1 fully saturated rings. The Bertz CT molecular complexity index is 325. The Morgan fingerprint density at radius 3 is 2.40 bits per heavy atom. The van der Waals surface area contributed by atoms with Crippen molar-refractivity contribution in [3.63, 3.8) is 0 Å². The lowest BCUT2D eigenvalue weighted by atomic mass is 10.1. The molecule has 0 unspecified atom stereocenters. The van der Waals surface area contributed by atoms with Gasteiger partial charge in [-0.3, -0.25) is 9.59 Å². The Morgan fingerprint density at radius 2 is 1.90 bits per heavy atom. The Kier molecular flexibility index (Phi) is 7.41. The molecule has 1 amide bonds. The first-order valence-electron chi connectivity index (χ1n) is 7.49. The molecule has 0 atom stereocenters. The second kappa shape index (κ2) is 8.55. The van der Waals surface area contributed by atoms with Gasteiger partial charge in [0, 0.05) is 19.5 Å². The van der Waals surface area contributed by atoms with Crippen LogP contribution < -0.4 is 0 Å². The number of thioether (sulfide) groups is 1. The van der Waals surface area contributed by atoms with Crippen molar-refractivity contribution in [3.05, 3.63) is 0 Å². The summed E-state index contributed by atoms with van der Waals surface area (Å²) in [5.74, 6) is 2.17. The van der Waals surface area contributed by atoms with Crippen LogP contribution in [0.3, 0.4) is 0 Å². The number of carbonyl (C=O) groups is 2. The Balaban J connectivity index is 2.10. The van der Waals surface area contributed by atoms with Crippen molar-refractivity contribution >= 4 is 23.6 Å². The van der Waals surface area contributed by atoms with Crippen LogP contribution in [0.25, 0.3) is 0 Å². The summed E-state index contributed by atoms with van der Waals surface area (Å²) in [6, 6.07) is 0. The topological polar surface area (TPSA) is 46.6 Å². The van der Waals surface area contributed by atoms with Gasteiger partial charge in [0.25, 0.3) is 0 Å². The molecular weight excluding hydrogens is 274 g/mol. The summed E-state index contributed by atoms with van der Waals surface area (Å²) in [7, 11) is 1.45. The second-order valence-electron chi connectivity index (χ2n) is 5.48. The molecule has 0 aromatic heterocycles. The summed E-state index contributed by atoms with van der Waals surface area (Å²) in [6.45, 7) is 5.62.